The van der Waals surface area contributed by atoms with Gasteiger partial charge in [0.2, 0.25) is 5.91 Å². The van der Waals surface area contributed by atoms with Crippen LogP contribution < -0.4 is 9.47 Å². The Morgan fingerprint density at radius 1 is 1.18 bits per heavy atom. The van der Waals surface area contributed by atoms with Crippen LogP contribution in [0.1, 0.15) is 19.4 Å². The monoisotopic (exact) mass is 391 g/mol. The number of fused-ring (bicyclic) bond motifs is 1. The lowest BCUT2D eigenvalue weighted by molar-refractivity contribution is -0.134. The number of carbonyl (C=O) groups is 2. The van der Waals surface area contributed by atoms with Crippen molar-refractivity contribution in [3.8, 4) is 11.5 Å². The number of ether oxygens (including phenoxy) is 3. The molecule has 1 fully saturated rings. The second-order valence-electron chi connectivity index (χ2n) is 7.14. The summed E-state index contributed by atoms with van der Waals surface area (Å²) in [4.78, 5) is 30.2. The summed E-state index contributed by atoms with van der Waals surface area (Å²) in [5.41, 5.74) is 1.05. The van der Waals surface area contributed by atoms with Crippen LogP contribution in [-0.4, -0.2) is 85.8 Å². The van der Waals surface area contributed by atoms with Crippen LogP contribution in [-0.2, 0) is 16.1 Å². The van der Waals surface area contributed by atoms with E-state index in [-0.39, 0.29) is 18.1 Å². The third kappa shape index (κ3) is 4.86. The van der Waals surface area contributed by atoms with Crippen molar-refractivity contribution >= 4 is 12.0 Å². The van der Waals surface area contributed by atoms with Gasteiger partial charge in [0.25, 0.3) is 0 Å². The summed E-state index contributed by atoms with van der Waals surface area (Å²) < 4.78 is 16.3. The molecule has 2 aliphatic heterocycles. The van der Waals surface area contributed by atoms with Crippen molar-refractivity contribution in [2.75, 3.05) is 53.0 Å². The molecule has 1 unspecified atom stereocenters. The van der Waals surface area contributed by atoms with Crippen molar-refractivity contribution in [1.82, 2.24) is 14.7 Å². The van der Waals surface area contributed by atoms with Gasteiger partial charge in [0.05, 0.1) is 20.3 Å². The third-order valence-corrected chi connectivity index (χ3v) is 5.03. The lowest BCUT2D eigenvalue weighted by Gasteiger charge is -2.35. The molecule has 154 valence electrons. The molecule has 1 saturated heterocycles. The predicted molar refractivity (Wildman–Crippen MR) is 104 cm³/mol. The average molecular weight is 391 g/mol. The highest BCUT2D eigenvalue weighted by molar-refractivity contribution is 5.78. The maximum absolute atomic E-state index is 12.8. The lowest BCUT2D eigenvalue weighted by Crippen LogP contribution is -2.53. The zero-order chi connectivity index (χ0) is 20.1. The van der Waals surface area contributed by atoms with Crippen LogP contribution >= 0.6 is 0 Å². The van der Waals surface area contributed by atoms with E-state index in [0.29, 0.717) is 52.4 Å². The molecule has 0 aliphatic carbocycles. The van der Waals surface area contributed by atoms with Crippen LogP contribution in [0.15, 0.2) is 18.2 Å². The molecular formula is C20H29N3O5. The highest BCUT2D eigenvalue weighted by Gasteiger charge is 2.28. The number of methoxy groups -OCH3 is 1. The van der Waals surface area contributed by atoms with Gasteiger partial charge in [-0.25, -0.2) is 4.79 Å². The summed E-state index contributed by atoms with van der Waals surface area (Å²) in [7, 11) is 1.63. The molecule has 0 radical (unpaired) electrons. The van der Waals surface area contributed by atoms with Crippen LogP contribution in [0.2, 0.25) is 0 Å². The summed E-state index contributed by atoms with van der Waals surface area (Å²) in [6.07, 6.45) is -0.332. The van der Waals surface area contributed by atoms with E-state index in [1.54, 1.807) is 18.9 Å². The fourth-order valence-electron chi connectivity index (χ4n) is 3.59. The van der Waals surface area contributed by atoms with Gasteiger partial charge in [-0.05, 0) is 19.9 Å². The molecule has 0 aromatic heterocycles. The normalized spacial score (nSPS) is 20.0. The lowest BCUT2D eigenvalue weighted by atomic mass is 10.2. The van der Waals surface area contributed by atoms with Gasteiger partial charge >= 0.3 is 6.09 Å². The molecule has 28 heavy (non-hydrogen) atoms. The Hall–Kier alpha value is -2.48. The van der Waals surface area contributed by atoms with Crippen molar-refractivity contribution in [2.45, 2.75) is 26.5 Å². The van der Waals surface area contributed by atoms with E-state index in [1.165, 1.54) is 0 Å². The minimum atomic E-state index is -0.305. The second-order valence-corrected chi connectivity index (χ2v) is 7.14. The van der Waals surface area contributed by atoms with E-state index in [1.807, 2.05) is 30.0 Å². The highest BCUT2D eigenvalue weighted by Crippen LogP contribution is 2.29. The summed E-state index contributed by atoms with van der Waals surface area (Å²) in [6.45, 7) is 7.89. The van der Waals surface area contributed by atoms with Gasteiger partial charge in [0.1, 0.15) is 17.6 Å². The molecule has 3 rings (SSSR count). The van der Waals surface area contributed by atoms with Crippen LogP contribution in [0.4, 0.5) is 4.79 Å². The molecule has 8 nitrogen and oxygen atoms in total. The van der Waals surface area contributed by atoms with Gasteiger partial charge in [-0.2, -0.15) is 0 Å². The number of amides is 2. The molecule has 2 heterocycles. The first-order valence-corrected chi connectivity index (χ1v) is 9.75. The molecule has 0 bridgehead atoms. The first kappa shape index (κ1) is 20.3. The molecule has 2 aliphatic rings. The molecule has 1 aromatic carbocycles. The number of carbonyl (C=O) groups excluding carboxylic acids is 2. The van der Waals surface area contributed by atoms with Gasteiger partial charge in [-0.1, -0.05) is 6.07 Å². The highest BCUT2D eigenvalue weighted by atomic mass is 16.6. The summed E-state index contributed by atoms with van der Waals surface area (Å²) >= 11 is 0. The van der Waals surface area contributed by atoms with E-state index in [4.69, 9.17) is 14.2 Å². The van der Waals surface area contributed by atoms with Gasteiger partial charge < -0.3 is 24.0 Å². The molecule has 8 heteroatoms. The van der Waals surface area contributed by atoms with Crippen molar-refractivity contribution in [3.05, 3.63) is 23.8 Å². The Kier molecular flexibility index (Phi) is 6.61. The minimum Gasteiger partial charge on any atom is -0.497 e. The quantitative estimate of drug-likeness (QED) is 0.776. The summed E-state index contributed by atoms with van der Waals surface area (Å²) in [5, 5.41) is 0. The Balaban J connectivity index is 1.57. The second kappa shape index (κ2) is 9.14. The molecule has 1 atom stereocenters. The van der Waals surface area contributed by atoms with E-state index in [2.05, 4.69) is 4.90 Å². The molecule has 2 amide bonds. The zero-order valence-electron chi connectivity index (χ0n) is 16.8. The fraction of sp³-hybridized carbons (Fsp3) is 0.600. The van der Waals surface area contributed by atoms with E-state index in [0.717, 1.165) is 17.1 Å². The van der Waals surface area contributed by atoms with E-state index in [9.17, 15) is 9.59 Å². The number of hydrogen-bond acceptors (Lipinski definition) is 6. The standard InChI is InChI=1S/C20H29N3O5/c1-4-27-20(25)23-9-7-22(8-10-23)19(24)14-21-12-15(2)28-18-11-17(26-3)6-5-16(18)13-21/h5-6,11,15H,4,7-10,12-14H2,1-3H3. The van der Waals surface area contributed by atoms with Crippen LogP contribution in [0, 0.1) is 0 Å². The smallest absolute Gasteiger partial charge is 0.409 e. The fourth-order valence-corrected chi connectivity index (χ4v) is 3.59. The third-order valence-electron chi connectivity index (χ3n) is 5.03. The Morgan fingerprint density at radius 2 is 1.89 bits per heavy atom. The first-order valence-electron chi connectivity index (χ1n) is 9.75. The zero-order valence-corrected chi connectivity index (χ0v) is 16.8. The topological polar surface area (TPSA) is 71.6 Å². The van der Waals surface area contributed by atoms with E-state index < -0.39 is 0 Å². The van der Waals surface area contributed by atoms with E-state index >= 15 is 0 Å². The van der Waals surface area contributed by atoms with Crippen LogP contribution in [0.3, 0.4) is 0 Å². The molecule has 0 N–H and O–H groups in total. The Morgan fingerprint density at radius 3 is 2.57 bits per heavy atom. The van der Waals surface area contributed by atoms with Crippen LogP contribution in [0.5, 0.6) is 11.5 Å². The molecule has 0 saturated carbocycles. The number of rotatable bonds is 4. The van der Waals surface area contributed by atoms with Gasteiger partial charge in [-0.15, -0.1) is 0 Å². The number of nitrogens with zero attached hydrogens (tertiary/aromatic N) is 3. The maximum Gasteiger partial charge on any atom is 0.409 e. The van der Waals surface area contributed by atoms with Crippen molar-refractivity contribution < 1.29 is 23.8 Å². The minimum absolute atomic E-state index is 0.0261. The van der Waals surface area contributed by atoms with Crippen LogP contribution in [0.25, 0.3) is 0 Å². The number of hydrogen-bond donors (Lipinski definition) is 0. The largest absolute Gasteiger partial charge is 0.497 e. The number of piperazine rings is 1. The summed E-state index contributed by atoms with van der Waals surface area (Å²) in [5.74, 6) is 1.65. The van der Waals surface area contributed by atoms with Crippen molar-refractivity contribution in [2.24, 2.45) is 0 Å². The average Bonchev–Trinajstić information content (AvgIpc) is 2.84. The Bertz CT molecular complexity index is 703. The summed E-state index contributed by atoms with van der Waals surface area (Å²) in [6, 6.07) is 5.79. The van der Waals surface area contributed by atoms with Crippen molar-refractivity contribution in [3.63, 3.8) is 0 Å². The maximum atomic E-state index is 12.8. The SMILES string of the molecule is CCOC(=O)N1CCN(C(=O)CN2Cc3ccc(OC)cc3OC(C)C2)CC1. The van der Waals surface area contributed by atoms with Crippen molar-refractivity contribution in [1.29, 1.82) is 0 Å². The van der Waals surface area contributed by atoms with Gasteiger partial charge in [0.15, 0.2) is 0 Å². The van der Waals surface area contributed by atoms with Gasteiger partial charge in [-0.3, -0.25) is 9.69 Å². The molecule has 1 aromatic rings. The molecular weight excluding hydrogens is 362 g/mol. The van der Waals surface area contributed by atoms with Gasteiger partial charge in [0, 0.05) is 50.9 Å². The molecule has 0 spiro atoms. The Labute approximate surface area is 165 Å². The predicted octanol–water partition coefficient (Wildman–Crippen LogP) is 1.58. The first-order chi connectivity index (χ1) is 13.5. The number of benzene rings is 1.